The van der Waals surface area contributed by atoms with E-state index < -0.39 is 53.1 Å². The van der Waals surface area contributed by atoms with Crippen LogP contribution in [0, 0.1) is 17.5 Å². The molecule has 2 N–H and O–H groups in total. The van der Waals surface area contributed by atoms with Gasteiger partial charge in [-0.1, -0.05) is 29.8 Å². The minimum atomic E-state index is -1.75. The minimum Gasteiger partial charge on any atom is -0.322 e. The first-order valence-corrected chi connectivity index (χ1v) is 8.35. The summed E-state index contributed by atoms with van der Waals surface area (Å²) in [6.07, 6.45) is 0. The highest BCUT2D eigenvalue weighted by Crippen LogP contribution is 2.33. The number of anilines is 1. The summed E-state index contributed by atoms with van der Waals surface area (Å²) in [5, 5.41) is 4.72. The average molecular weight is 412 g/mol. The van der Waals surface area contributed by atoms with Gasteiger partial charge in [0.05, 0.1) is 5.69 Å². The monoisotopic (exact) mass is 411 g/mol. The van der Waals surface area contributed by atoms with E-state index in [4.69, 9.17) is 11.6 Å². The van der Waals surface area contributed by atoms with Gasteiger partial charge in [-0.05, 0) is 25.1 Å². The average Bonchev–Trinajstić information content (AvgIpc) is 2.86. The first kappa shape index (κ1) is 19.7. The van der Waals surface area contributed by atoms with E-state index in [1.807, 2.05) is 5.32 Å². The number of hydrogen-bond donors (Lipinski definition) is 2. The van der Waals surface area contributed by atoms with E-state index in [2.05, 4.69) is 5.32 Å². The second-order valence-corrected chi connectivity index (χ2v) is 6.60. The Morgan fingerprint density at radius 2 is 1.82 bits per heavy atom. The van der Waals surface area contributed by atoms with Crippen LogP contribution in [0.2, 0.25) is 5.02 Å². The Hall–Kier alpha value is -3.07. The van der Waals surface area contributed by atoms with Gasteiger partial charge in [0.2, 0.25) is 5.91 Å². The second kappa shape index (κ2) is 7.16. The molecule has 2 aromatic carbocycles. The molecular weight excluding hydrogens is 399 g/mol. The number of nitrogens with zero attached hydrogens (tertiary/aromatic N) is 1. The first-order chi connectivity index (χ1) is 13.1. The maximum atomic E-state index is 13.7. The second-order valence-electron chi connectivity index (χ2n) is 6.20. The van der Waals surface area contributed by atoms with Crippen molar-refractivity contribution in [2.45, 2.75) is 12.5 Å². The molecule has 3 rings (SSSR count). The van der Waals surface area contributed by atoms with Gasteiger partial charge in [-0.3, -0.25) is 14.5 Å². The summed E-state index contributed by atoms with van der Waals surface area (Å²) in [5.74, 6) is -6.48. The molecule has 4 amide bonds. The topological polar surface area (TPSA) is 78.5 Å². The van der Waals surface area contributed by atoms with Crippen LogP contribution in [-0.4, -0.2) is 29.3 Å². The van der Waals surface area contributed by atoms with Gasteiger partial charge in [-0.15, -0.1) is 0 Å². The van der Waals surface area contributed by atoms with Crippen molar-refractivity contribution in [2.24, 2.45) is 0 Å². The smallest absolute Gasteiger partial charge is 0.322 e. The van der Waals surface area contributed by atoms with Crippen molar-refractivity contribution < 1.29 is 27.6 Å². The number of halogens is 4. The summed E-state index contributed by atoms with van der Waals surface area (Å²) in [7, 11) is 0. The summed E-state index contributed by atoms with van der Waals surface area (Å²) >= 11 is 6.10. The number of imide groups is 1. The first-order valence-electron chi connectivity index (χ1n) is 7.97. The number of nitrogens with one attached hydrogen (secondary N) is 2. The van der Waals surface area contributed by atoms with Gasteiger partial charge >= 0.3 is 6.03 Å². The molecule has 0 aliphatic carbocycles. The standard InChI is InChI=1S/C18H13ClF3N3O3/c1-18(9-4-2-3-5-10(9)19)16(27)25(17(28)24-18)8-13(26)23-12-7-6-11(20)14(21)15(12)22/h2-7H,8H2,1H3,(H,23,26)(H,24,28). The Bertz CT molecular complexity index is 1000. The Morgan fingerprint density at radius 3 is 2.50 bits per heavy atom. The molecule has 1 aliphatic heterocycles. The lowest BCUT2D eigenvalue weighted by atomic mass is 9.92. The highest BCUT2D eigenvalue weighted by Gasteiger charge is 2.50. The Kier molecular flexibility index (Phi) is 5.03. The summed E-state index contributed by atoms with van der Waals surface area (Å²) < 4.78 is 39.9. The summed E-state index contributed by atoms with van der Waals surface area (Å²) in [6.45, 7) is 0.671. The van der Waals surface area contributed by atoms with Crippen LogP contribution in [0.1, 0.15) is 12.5 Å². The van der Waals surface area contributed by atoms with Crippen LogP contribution >= 0.6 is 11.6 Å². The van der Waals surface area contributed by atoms with E-state index in [1.165, 1.54) is 6.92 Å². The van der Waals surface area contributed by atoms with Crippen LogP contribution in [0.4, 0.5) is 23.7 Å². The third-order valence-electron chi connectivity index (χ3n) is 4.30. The van der Waals surface area contributed by atoms with Gasteiger partial charge in [0.25, 0.3) is 5.91 Å². The molecule has 10 heteroatoms. The van der Waals surface area contributed by atoms with Crippen LogP contribution in [-0.2, 0) is 15.1 Å². The molecule has 2 aromatic rings. The van der Waals surface area contributed by atoms with Crippen molar-refractivity contribution in [3.05, 3.63) is 64.4 Å². The van der Waals surface area contributed by atoms with Crippen LogP contribution < -0.4 is 10.6 Å². The lowest BCUT2D eigenvalue weighted by Crippen LogP contribution is -2.42. The zero-order chi connectivity index (χ0) is 20.6. The molecule has 1 saturated heterocycles. The maximum absolute atomic E-state index is 13.7. The van der Waals surface area contributed by atoms with Gasteiger partial charge < -0.3 is 10.6 Å². The van der Waals surface area contributed by atoms with Crippen LogP contribution in [0.15, 0.2) is 36.4 Å². The zero-order valence-corrected chi connectivity index (χ0v) is 15.1. The van der Waals surface area contributed by atoms with Gasteiger partial charge in [-0.25, -0.2) is 18.0 Å². The predicted molar refractivity (Wildman–Crippen MR) is 94.0 cm³/mol. The molecular formula is C18H13ClF3N3O3. The molecule has 146 valence electrons. The number of amides is 4. The van der Waals surface area contributed by atoms with Crippen molar-refractivity contribution in [2.75, 3.05) is 11.9 Å². The van der Waals surface area contributed by atoms with Crippen molar-refractivity contribution in [1.82, 2.24) is 10.2 Å². The zero-order valence-electron chi connectivity index (χ0n) is 14.4. The molecule has 1 heterocycles. The number of carbonyl (C=O) groups is 3. The number of urea groups is 1. The van der Waals surface area contributed by atoms with E-state index in [0.717, 1.165) is 6.07 Å². The van der Waals surface area contributed by atoms with Crippen LogP contribution in [0.25, 0.3) is 0 Å². The SMILES string of the molecule is CC1(c2ccccc2Cl)NC(=O)N(CC(=O)Nc2ccc(F)c(F)c2F)C1=O. The molecule has 1 fully saturated rings. The van der Waals surface area contributed by atoms with Gasteiger partial charge in [0.15, 0.2) is 17.5 Å². The molecule has 1 aliphatic rings. The lowest BCUT2D eigenvalue weighted by Gasteiger charge is -2.23. The van der Waals surface area contributed by atoms with E-state index in [0.29, 0.717) is 16.5 Å². The highest BCUT2D eigenvalue weighted by atomic mass is 35.5. The number of rotatable bonds is 4. The molecule has 0 saturated carbocycles. The van der Waals surface area contributed by atoms with Gasteiger partial charge in [-0.2, -0.15) is 0 Å². The summed E-state index contributed by atoms with van der Waals surface area (Å²) in [5.41, 5.74) is -1.78. The minimum absolute atomic E-state index is 0.244. The molecule has 0 spiro atoms. The van der Waals surface area contributed by atoms with Crippen LogP contribution in [0.3, 0.4) is 0 Å². The fourth-order valence-corrected chi connectivity index (χ4v) is 3.17. The summed E-state index contributed by atoms with van der Waals surface area (Å²) in [6, 6.07) is 6.99. The van der Waals surface area contributed by atoms with Crippen molar-refractivity contribution in [3.63, 3.8) is 0 Å². The third-order valence-corrected chi connectivity index (χ3v) is 4.63. The molecule has 1 unspecified atom stereocenters. The highest BCUT2D eigenvalue weighted by molar-refractivity contribution is 6.32. The molecule has 28 heavy (non-hydrogen) atoms. The molecule has 6 nitrogen and oxygen atoms in total. The lowest BCUT2D eigenvalue weighted by molar-refractivity contribution is -0.133. The largest absolute Gasteiger partial charge is 0.325 e. The van der Waals surface area contributed by atoms with E-state index in [1.54, 1.807) is 24.3 Å². The Balaban J connectivity index is 1.79. The van der Waals surface area contributed by atoms with Crippen molar-refractivity contribution in [1.29, 1.82) is 0 Å². The normalized spacial score (nSPS) is 19.0. The van der Waals surface area contributed by atoms with E-state index >= 15 is 0 Å². The van der Waals surface area contributed by atoms with E-state index in [-0.39, 0.29) is 5.02 Å². The summed E-state index contributed by atoms with van der Waals surface area (Å²) in [4.78, 5) is 37.7. The molecule has 0 aromatic heterocycles. The molecule has 0 bridgehead atoms. The van der Waals surface area contributed by atoms with Gasteiger partial charge in [0, 0.05) is 10.6 Å². The third kappa shape index (κ3) is 3.29. The maximum Gasteiger partial charge on any atom is 0.325 e. The fourth-order valence-electron chi connectivity index (χ4n) is 2.85. The van der Waals surface area contributed by atoms with E-state index in [9.17, 15) is 27.6 Å². The Labute approximate surface area is 162 Å². The Morgan fingerprint density at radius 1 is 1.14 bits per heavy atom. The quantitative estimate of drug-likeness (QED) is 0.599. The fraction of sp³-hybridized carbons (Fsp3) is 0.167. The molecule has 0 radical (unpaired) electrons. The number of hydrogen-bond acceptors (Lipinski definition) is 3. The van der Waals surface area contributed by atoms with Crippen LogP contribution in [0.5, 0.6) is 0 Å². The number of carbonyl (C=O) groups excluding carboxylic acids is 3. The predicted octanol–water partition coefficient (Wildman–Crippen LogP) is 3.16. The van der Waals surface area contributed by atoms with Crippen molar-refractivity contribution >= 4 is 35.1 Å². The van der Waals surface area contributed by atoms with Crippen molar-refractivity contribution in [3.8, 4) is 0 Å². The number of benzene rings is 2. The molecule has 1 atom stereocenters. The van der Waals surface area contributed by atoms with Gasteiger partial charge in [0.1, 0.15) is 12.1 Å².